The minimum Gasteiger partial charge on any atom is -0.385 e. The van der Waals surface area contributed by atoms with Crippen LogP contribution < -0.4 is 10.6 Å². The number of guanidine groups is 1. The molecule has 7 nitrogen and oxygen atoms in total. The van der Waals surface area contributed by atoms with Gasteiger partial charge < -0.3 is 25.0 Å². The van der Waals surface area contributed by atoms with Crippen LogP contribution in [-0.2, 0) is 14.3 Å². The minimum absolute atomic E-state index is 0.220. The summed E-state index contributed by atoms with van der Waals surface area (Å²) in [4.78, 5) is 18.8. The summed E-state index contributed by atoms with van der Waals surface area (Å²) in [6, 6.07) is 0. The van der Waals surface area contributed by atoms with Crippen LogP contribution in [0.3, 0.4) is 0 Å². The van der Waals surface area contributed by atoms with Gasteiger partial charge in [0.2, 0.25) is 5.91 Å². The van der Waals surface area contributed by atoms with E-state index in [1.54, 1.807) is 7.11 Å². The Hall–Kier alpha value is -1.34. The van der Waals surface area contributed by atoms with Gasteiger partial charge in [-0.05, 0) is 32.1 Å². The molecule has 1 heterocycles. The number of carbonyl (C=O) groups excluding carboxylic acids is 1. The molecule has 2 aliphatic rings. The van der Waals surface area contributed by atoms with Crippen molar-refractivity contribution in [3.8, 4) is 0 Å². The van der Waals surface area contributed by atoms with Crippen molar-refractivity contribution in [3.05, 3.63) is 0 Å². The molecule has 1 amide bonds. The summed E-state index contributed by atoms with van der Waals surface area (Å²) in [6.07, 6.45) is 9.07. The van der Waals surface area contributed by atoms with Crippen LogP contribution in [0.15, 0.2) is 4.99 Å². The van der Waals surface area contributed by atoms with E-state index in [1.165, 1.54) is 19.3 Å². The molecule has 1 saturated carbocycles. The Balaban J connectivity index is 1.58. The third-order valence-electron chi connectivity index (χ3n) is 5.48. The van der Waals surface area contributed by atoms with Gasteiger partial charge in [-0.25, -0.2) is 0 Å². The fourth-order valence-electron chi connectivity index (χ4n) is 3.89. The Kier molecular flexibility index (Phi) is 10.5. The summed E-state index contributed by atoms with van der Waals surface area (Å²) < 4.78 is 11.0. The second-order valence-corrected chi connectivity index (χ2v) is 7.50. The molecule has 0 radical (unpaired) electrons. The highest BCUT2D eigenvalue weighted by atomic mass is 16.5. The number of hydrogen-bond donors (Lipinski definition) is 2. The van der Waals surface area contributed by atoms with Crippen LogP contribution in [0.2, 0.25) is 0 Å². The standard InChI is InChI=1S/C20H38N4O3/c1-21-20(23-12-11-22-19(25)17-7-4-3-5-8-17)24-13-9-18(10-14-24)27-16-6-15-26-2/h17-18H,3-16H2,1-2H3,(H,21,23)(H,22,25). The predicted octanol–water partition coefficient (Wildman–Crippen LogP) is 1.78. The smallest absolute Gasteiger partial charge is 0.223 e. The van der Waals surface area contributed by atoms with Gasteiger partial charge in [0.1, 0.15) is 0 Å². The number of ether oxygens (including phenoxy) is 2. The number of nitrogens with one attached hydrogen (secondary N) is 2. The van der Waals surface area contributed by atoms with Crippen molar-refractivity contribution in [1.29, 1.82) is 0 Å². The van der Waals surface area contributed by atoms with Crippen LogP contribution in [-0.4, -0.2) is 76.4 Å². The third kappa shape index (κ3) is 8.05. The highest BCUT2D eigenvalue weighted by Crippen LogP contribution is 2.23. The van der Waals surface area contributed by atoms with E-state index in [9.17, 15) is 4.79 Å². The molecule has 0 atom stereocenters. The molecule has 1 aliphatic carbocycles. The first-order valence-corrected chi connectivity index (χ1v) is 10.6. The number of nitrogens with zero attached hydrogens (tertiary/aromatic N) is 2. The molecule has 0 aromatic rings. The molecule has 0 bridgehead atoms. The fraction of sp³-hybridized carbons (Fsp3) is 0.900. The average Bonchev–Trinajstić information content (AvgIpc) is 2.72. The van der Waals surface area contributed by atoms with Crippen LogP contribution in [0.5, 0.6) is 0 Å². The molecule has 27 heavy (non-hydrogen) atoms. The number of hydrogen-bond acceptors (Lipinski definition) is 4. The molecule has 1 saturated heterocycles. The summed E-state index contributed by atoms with van der Waals surface area (Å²) in [7, 11) is 3.54. The zero-order chi connectivity index (χ0) is 19.3. The number of aliphatic imine (C=N–C) groups is 1. The predicted molar refractivity (Wildman–Crippen MR) is 108 cm³/mol. The molecule has 1 aliphatic heterocycles. The number of rotatable bonds is 9. The number of likely N-dealkylation sites (tertiary alicyclic amines) is 1. The first-order valence-electron chi connectivity index (χ1n) is 10.6. The van der Waals surface area contributed by atoms with E-state index in [-0.39, 0.29) is 11.8 Å². The number of amides is 1. The molecule has 7 heteroatoms. The van der Waals surface area contributed by atoms with Crippen LogP contribution in [0.4, 0.5) is 0 Å². The van der Waals surface area contributed by atoms with E-state index in [4.69, 9.17) is 9.47 Å². The molecular formula is C20H38N4O3. The van der Waals surface area contributed by atoms with Crippen LogP contribution in [0.25, 0.3) is 0 Å². The maximum absolute atomic E-state index is 12.2. The van der Waals surface area contributed by atoms with E-state index in [1.807, 2.05) is 7.05 Å². The summed E-state index contributed by atoms with van der Waals surface area (Å²) in [5.41, 5.74) is 0. The molecule has 0 aromatic heterocycles. The maximum atomic E-state index is 12.2. The van der Waals surface area contributed by atoms with Gasteiger partial charge in [0, 0.05) is 59.5 Å². The fourth-order valence-corrected chi connectivity index (χ4v) is 3.89. The van der Waals surface area contributed by atoms with E-state index in [0.717, 1.165) is 64.4 Å². The van der Waals surface area contributed by atoms with Gasteiger partial charge in [-0.3, -0.25) is 9.79 Å². The summed E-state index contributed by atoms with van der Waals surface area (Å²) in [6.45, 7) is 4.77. The molecule has 2 rings (SSSR count). The minimum atomic E-state index is 0.220. The molecule has 156 valence electrons. The lowest BCUT2D eigenvalue weighted by molar-refractivity contribution is -0.125. The Bertz CT molecular complexity index is 445. The lowest BCUT2D eigenvalue weighted by Crippen LogP contribution is -2.48. The van der Waals surface area contributed by atoms with Crippen molar-refractivity contribution in [2.24, 2.45) is 10.9 Å². The summed E-state index contributed by atoms with van der Waals surface area (Å²) in [5.74, 6) is 1.36. The highest BCUT2D eigenvalue weighted by molar-refractivity contribution is 5.80. The summed E-state index contributed by atoms with van der Waals surface area (Å²) >= 11 is 0. The lowest BCUT2D eigenvalue weighted by atomic mass is 9.89. The third-order valence-corrected chi connectivity index (χ3v) is 5.48. The van der Waals surface area contributed by atoms with Crippen LogP contribution in [0, 0.1) is 5.92 Å². The van der Waals surface area contributed by atoms with Gasteiger partial charge >= 0.3 is 0 Å². The van der Waals surface area contributed by atoms with Crippen molar-refractivity contribution in [3.63, 3.8) is 0 Å². The number of piperidine rings is 1. The molecule has 0 unspecified atom stereocenters. The Morgan fingerprint density at radius 2 is 1.74 bits per heavy atom. The van der Waals surface area contributed by atoms with Gasteiger partial charge in [-0.1, -0.05) is 19.3 Å². The maximum Gasteiger partial charge on any atom is 0.223 e. The first kappa shape index (κ1) is 22.0. The van der Waals surface area contributed by atoms with Gasteiger partial charge in [-0.15, -0.1) is 0 Å². The van der Waals surface area contributed by atoms with E-state index >= 15 is 0 Å². The number of methoxy groups -OCH3 is 1. The van der Waals surface area contributed by atoms with E-state index in [2.05, 4.69) is 20.5 Å². The van der Waals surface area contributed by atoms with Crippen LogP contribution in [0.1, 0.15) is 51.4 Å². The lowest BCUT2D eigenvalue weighted by Gasteiger charge is -2.34. The highest BCUT2D eigenvalue weighted by Gasteiger charge is 2.22. The second kappa shape index (κ2) is 12.9. The van der Waals surface area contributed by atoms with Gasteiger partial charge in [-0.2, -0.15) is 0 Å². The van der Waals surface area contributed by atoms with Crippen molar-refractivity contribution in [2.45, 2.75) is 57.5 Å². The van der Waals surface area contributed by atoms with Crippen LogP contribution >= 0.6 is 0 Å². The summed E-state index contributed by atoms with van der Waals surface area (Å²) in [5, 5.41) is 6.45. The van der Waals surface area contributed by atoms with Gasteiger partial charge in [0.05, 0.1) is 6.10 Å². The molecular weight excluding hydrogens is 344 g/mol. The van der Waals surface area contributed by atoms with Crippen molar-refractivity contribution in [2.75, 3.05) is 53.6 Å². The zero-order valence-corrected chi connectivity index (χ0v) is 17.2. The van der Waals surface area contributed by atoms with E-state index in [0.29, 0.717) is 19.2 Å². The van der Waals surface area contributed by atoms with Crippen molar-refractivity contribution in [1.82, 2.24) is 15.5 Å². The quantitative estimate of drug-likeness (QED) is 0.361. The Morgan fingerprint density at radius 3 is 2.41 bits per heavy atom. The Morgan fingerprint density at radius 1 is 1.04 bits per heavy atom. The van der Waals surface area contributed by atoms with Gasteiger partial charge in [0.15, 0.2) is 5.96 Å². The molecule has 0 spiro atoms. The second-order valence-electron chi connectivity index (χ2n) is 7.50. The molecule has 2 N–H and O–H groups in total. The van der Waals surface area contributed by atoms with Gasteiger partial charge in [0.25, 0.3) is 0 Å². The van der Waals surface area contributed by atoms with Crippen molar-refractivity contribution < 1.29 is 14.3 Å². The van der Waals surface area contributed by atoms with E-state index < -0.39 is 0 Å². The Labute approximate surface area is 164 Å². The normalized spacial score (nSPS) is 19.9. The zero-order valence-electron chi connectivity index (χ0n) is 17.2. The van der Waals surface area contributed by atoms with Crippen molar-refractivity contribution >= 4 is 11.9 Å². The largest absolute Gasteiger partial charge is 0.385 e. The number of carbonyl (C=O) groups is 1. The SMILES string of the molecule is CN=C(NCCNC(=O)C1CCCCC1)N1CCC(OCCCOC)CC1. The topological polar surface area (TPSA) is 75.2 Å². The average molecular weight is 383 g/mol. The first-order chi connectivity index (χ1) is 13.2. The molecule has 2 fully saturated rings. The monoisotopic (exact) mass is 382 g/mol. The molecule has 0 aromatic carbocycles.